The largest absolute Gasteiger partial charge is 0.355 e. The van der Waals surface area contributed by atoms with Crippen LogP contribution in [0, 0.1) is 0 Å². The van der Waals surface area contributed by atoms with Crippen LogP contribution < -0.4 is 5.32 Å². The summed E-state index contributed by atoms with van der Waals surface area (Å²) in [7, 11) is -3.33. The van der Waals surface area contributed by atoms with Crippen LogP contribution in [0.5, 0.6) is 0 Å². The molecule has 1 aromatic rings. The minimum Gasteiger partial charge on any atom is -0.355 e. The van der Waals surface area contributed by atoms with Crippen molar-refractivity contribution in [3.8, 4) is 0 Å². The first-order chi connectivity index (χ1) is 9.98. The van der Waals surface area contributed by atoms with Crippen LogP contribution >= 0.6 is 0 Å². The molecule has 118 valence electrons. The van der Waals surface area contributed by atoms with Gasteiger partial charge in [0.25, 0.3) is 0 Å². The minimum absolute atomic E-state index is 0.194. The van der Waals surface area contributed by atoms with E-state index in [-0.39, 0.29) is 5.91 Å². The van der Waals surface area contributed by atoms with Gasteiger partial charge in [-0.1, -0.05) is 6.42 Å². The van der Waals surface area contributed by atoms with E-state index >= 15 is 0 Å². The lowest BCUT2D eigenvalue weighted by molar-refractivity contribution is -0.125. The molecule has 1 aliphatic rings. The Bertz CT molecular complexity index is 556. The normalized spacial score (nSPS) is 20.3. The molecule has 0 radical (unpaired) electrons. The van der Waals surface area contributed by atoms with Crippen molar-refractivity contribution in [2.24, 2.45) is 0 Å². The Labute approximate surface area is 125 Å². The van der Waals surface area contributed by atoms with Crippen molar-refractivity contribution >= 4 is 15.9 Å². The van der Waals surface area contributed by atoms with Crippen LogP contribution in [0.2, 0.25) is 0 Å². The van der Waals surface area contributed by atoms with Crippen LogP contribution in [0.4, 0.5) is 0 Å². The molecule has 1 aliphatic heterocycles. The maximum atomic E-state index is 12.2. The predicted octanol–water partition coefficient (Wildman–Crippen LogP) is 0.204. The summed E-state index contributed by atoms with van der Waals surface area (Å²) in [5, 5.41) is 6.91. The molecule has 8 heteroatoms. The Morgan fingerprint density at radius 3 is 2.90 bits per heavy atom. The minimum atomic E-state index is -3.33. The zero-order chi connectivity index (χ0) is 15.3. The van der Waals surface area contributed by atoms with Gasteiger partial charge in [-0.05, 0) is 25.3 Å². The Morgan fingerprint density at radius 1 is 1.43 bits per heavy atom. The summed E-state index contributed by atoms with van der Waals surface area (Å²) in [5.74, 6) is -0.194. The van der Waals surface area contributed by atoms with Crippen molar-refractivity contribution in [2.45, 2.75) is 38.3 Å². The SMILES string of the molecule is CS(=O)(=O)N1CCCC[C@@H]1C(=O)NCCCn1cccn1. The highest BCUT2D eigenvalue weighted by Crippen LogP contribution is 2.19. The van der Waals surface area contributed by atoms with Crippen LogP contribution in [-0.4, -0.2) is 53.8 Å². The molecule has 2 heterocycles. The average molecular weight is 314 g/mol. The third-order valence-electron chi connectivity index (χ3n) is 3.60. The Balaban J connectivity index is 1.81. The number of piperidine rings is 1. The maximum absolute atomic E-state index is 12.2. The second-order valence-corrected chi connectivity index (χ2v) is 7.23. The predicted molar refractivity (Wildman–Crippen MR) is 79.0 cm³/mol. The van der Waals surface area contributed by atoms with Crippen molar-refractivity contribution < 1.29 is 13.2 Å². The fourth-order valence-corrected chi connectivity index (χ4v) is 3.69. The fourth-order valence-electron chi connectivity index (χ4n) is 2.57. The van der Waals surface area contributed by atoms with Gasteiger partial charge in [0.1, 0.15) is 6.04 Å². The van der Waals surface area contributed by atoms with E-state index < -0.39 is 16.1 Å². The Hall–Kier alpha value is -1.41. The van der Waals surface area contributed by atoms with Crippen molar-refractivity contribution in [1.29, 1.82) is 0 Å². The van der Waals surface area contributed by atoms with Gasteiger partial charge in [-0.25, -0.2) is 8.42 Å². The molecule has 1 aromatic heterocycles. The van der Waals surface area contributed by atoms with Crippen LogP contribution in [0.3, 0.4) is 0 Å². The number of aryl methyl sites for hydroxylation is 1. The van der Waals surface area contributed by atoms with Crippen LogP contribution in [0.15, 0.2) is 18.5 Å². The molecule has 7 nitrogen and oxygen atoms in total. The Morgan fingerprint density at radius 2 is 2.24 bits per heavy atom. The van der Waals surface area contributed by atoms with Crippen molar-refractivity contribution in [2.75, 3.05) is 19.3 Å². The van der Waals surface area contributed by atoms with Crippen molar-refractivity contribution in [3.05, 3.63) is 18.5 Å². The summed E-state index contributed by atoms with van der Waals surface area (Å²) in [6.07, 6.45) is 7.81. The van der Waals surface area contributed by atoms with Gasteiger partial charge in [0.2, 0.25) is 15.9 Å². The van der Waals surface area contributed by atoms with Gasteiger partial charge in [-0.2, -0.15) is 9.40 Å². The van der Waals surface area contributed by atoms with E-state index in [9.17, 15) is 13.2 Å². The standard InChI is InChI=1S/C13H22N4O3S/c1-21(19,20)17-11-3-2-6-12(17)13(18)14-7-4-9-16-10-5-8-15-16/h5,8,10,12H,2-4,6-7,9,11H2,1H3,(H,14,18)/t12-/m1/s1. The first kappa shape index (κ1) is 16.0. The summed E-state index contributed by atoms with van der Waals surface area (Å²) in [4.78, 5) is 12.2. The number of hydrogen-bond acceptors (Lipinski definition) is 4. The monoisotopic (exact) mass is 314 g/mol. The summed E-state index contributed by atoms with van der Waals surface area (Å²) in [6.45, 7) is 1.69. The summed E-state index contributed by atoms with van der Waals surface area (Å²) in [5.41, 5.74) is 0. The molecule has 0 spiro atoms. The fraction of sp³-hybridized carbons (Fsp3) is 0.692. The van der Waals surface area contributed by atoms with Gasteiger partial charge in [-0.3, -0.25) is 9.48 Å². The number of sulfonamides is 1. The molecule has 1 amide bonds. The highest BCUT2D eigenvalue weighted by molar-refractivity contribution is 7.88. The van der Waals surface area contributed by atoms with Gasteiger partial charge >= 0.3 is 0 Å². The number of amides is 1. The second-order valence-electron chi connectivity index (χ2n) is 5.30. The molecular formula is C13H22N4O3S. The second kappa shape index (κ2) is 7.04. The summed E-state index contributed by atoms with van der Waals surface area (Å²) in [6, 6.07) is 1.29. The van der Waals surface area contributed by atoms with Gasteiger partial charge in [0.05, 0.1) is 6.26 Å². The molecular weight excluding hydrogens is 292 g/mol. The van der Waals surface area contributed by atoms with Gasteiger partial charge < -0.3 is 5.32 Å². The molecule has 0 unspecified atom stereocenters. The van der Waals surface area contributed by atoms with Gasteiger partial charge in [-0.15, -0.1) is 0 Å². The third kappa shape index (κ3) is 4.53. The van der Waals surface area contributed by atoms with Crippen molar-refractivity contribution in [3.63, 3.8) is 0 Å². The van der Waals surface area contributed by atoms with E-state index in [4.69, 9.17) is 0 Å². The van der Waals surface area contributed by atoms with Crippen LogP contribution in [0.1, 0.15) is 25.7 Å². The van der Waals surface area contributed by atoms with E-state index in [2.05, 4.69) is 10.4 Å². The molecule has 1 fully saturated rings. The lowest BCUT2D eigenvalue weighted by Crippen LogP contribution is -2.51. The number of carbonyl (C=O) groups is 1. The number of carbonyl (C=O) groups excluding carboxylic acids is 1. The summed E-state index contributed by atoms with van der Waals surface area (Å²) < 4.78 is 26.6. The number of nitrogens with zero attached hydrogens (tertiary/aromatic N) is 3. The topological polar surface area (TPSA) is 84.3 Å². The quantitative estimate of drug-likeness (QED) is 0.760. The molecule has 0 saturated carbocycles. The first-order valence-corrected chi connectivity index (χ1v) is 9.05. The summed E-state index contributed by atoms with van der Waals surface area (Å²) >= 11 is 0. The highest BCUT2D eigenvalue weighted by atomic mass is 32.2. The zero-order valence-electron chi connectivity index (χ0n) is 12.2. The van der Waals surface area contributed by atoms with Gasteiger partial charge in [0.15, 0.2) is 0 Å². The van der Waals surface area contributed by atoms with Crippen LogP contribution in [0.25, 0.3) is 0 Å². The molecule has 21 heavy (non-hydrogen) atoms. The first-order valence-electron chi connectivity index (χ1n) is 7.20. The van der Waals surface area contributed by atoms with Crippen LogP contribution in [-0.2, 0) is 21.4 Å². The number of hydrogen-bond donors (Lipinski definition) is 1. The number of rotatable bonds is 6. The van der Waals surface area contributed by atoms with Gasteiger partial charge in [0, 0.05) is 32.0 Å². The Kier molecular flexibility index (Phi) is 5.35. The molecule has 1 N–H and O–H groups in total. The van der Waals surface area contributed by atoms with E-state index in [1.54, 1.807) is 10.9 Å². The highest BCUT2D eigenvalue weighted by Gasteiger charge is 2.34. The molecule has 2 rings (SSSR count). The van der Waals surface area contributed by atoms with E-state index in [0.29, 0.717) is 19.5 Å². The van der Waals surface area contributed by atoms with Crippen molar-refractivity contribution in [1.82, 2.24) is 19.4 Å². The molecule has 0 bridgehead atoms. The van der Waals surface area contributed by atoms with E-state index in [0.717, 1.165) is 32.1 Å². The lowest BCUT2D eigenvalue weighted by atomic mass is 10.0. The zero-order valence-corrected chi connectivity index (χ0v) is 13.1. The number of nitrogens with one attached hydrogen (secondary N) is 1. The molecule has 1 saturated heterocycles. The van der Waals surface area contributed by atoms with E-state index in [1.807, 2.05) is 12.3 Å². The third-order valence-corrected chi connectivity index (χ3v) is 4.89. The molecule has 1 atom stereocenters. The maximum Gasteiger partial charge on any atom is 0.238 e. The molecule has 0 aromatic carbocycles. The lowest BCUT2D eigenvalue weighted by Gasteiger charge is -2.32. The average Bonchev–Trinajstić information content (AvgIpc) is 2.95. The van der Waals surface area contributed by atoms with E-state index in [1.165, 1.54) is 4.31 Å². The molecule has 0 aliphatic carbocycles. The smallest absolute Gasteiger partial charge is 0.238 e. The number of aromatic nitrogens is 2.